The Labute approximate surface area is 227 Å². The van der Waals surface area contributed by atoms with E-state index in [9.17, 15) is 37.5 Å². The van der Waals surface area contributed by atoms with Crippen LogP contribution in [0.3, 0.4) is 0 Å². The number of carbonyl (C=O) groups excluding carboxylic acids is 3. The average molecular weight is 561 g/mol. The number of Topliss-reactive ketones (excluding diaryl/α,β-unsaturated/α-hetero) is 1. The minimum Gasteiger partial charge on any atom is -0.483 e. The van der Waals surface area contributed by atoms with Crippen LogP contribution in [0.25, 0.3) is 10.8 Å². The standard InChI is InChI=1S/C28H27F3N2O7/c1-15(2)26(33-23(35)14-39-22-9-5-7-16-6-3-4-8-17(16)22)28(38)32-20(12-24(36)37)21(34)13-40-27-19(30)11-10-18(29)25(27)31/h3-11,15,20,26H,12-14H2,1-2H3,(H,32,38)(H,33,35)(H,36,37)/t20-,26-/m0/s1. The number of ketones is 1. The van der Waals surface area contributed by atoms with Crippen LogP contribution in [0.5, 0.6) is 11.5 Å². The van der Waals surface area contributed by atoms with E-state index < -0.39 is 84.4 Å². The van der Waals surface area contributed by atoms with Gasteiger partial charge in [0, 0.05) is 5.39 Å². The van der Waals surface area contributed by atoms with Gasteiger partial charge in [-0.25, -0.2) is 8.78 Å². The van der Waals surface area contributed by atoms with Gasteiger partial charge >= 0.3 is 5.97 Å². The number of hydrogen-bond donors (Lipinski definition) is 3. The van der Waals surface area contributed by atoms with Gasteiger partial charge in [0.15, 0.2) is 29.8 Å². The Bertz CT molecular complexity index is 1410. The molecule has 2 amide bonds. The van der Waals surface area contributed by atoms with Crippen LogP contribution in [0.4, 0.5) is 13.2 Å². The molecule has 0 aliphatic rings. The molecule has 9 nitrogen and oxygen atoms in total. The van der Waals surface area contributed by atoms with Gasteiger partial charge in [0.05, 0.1) is 6.42 Å². The summed E-state index contributed by atoms with van der Waals surface area (Å²) in [5.74, 6) is -9.60. The Kier molecular flexibility index (Phi) is 10.1. The molecule has 0 saturated heterocycles. The maximum absolute atomic E-state index is 13.8. The lowest BCUT2D eigenvalue weighted by Crippen LogP contribution is -2.55. The number of fused-ring (bicyclic) bond motifs is 1. The maximum atomic E-state index is 13.8. The van der Waals surface area contributed by atoms with Gasteiger partial charge in [0.25, 0.3) is 5.91 Å². The van der Waals surface area contributed by atoms with Crippen LogP contribution >= 0.6 is 0 Å². The van der Waals surface area contributed by atoms with Crippen molar-refractivity contribution < 1.29 is 46.9 Å². The van der Waals surface area contributed by atoms with Crippen LogP contribution in [0.15, 0.2) is 54.6 Å². The summed E-state index contributed by atoms with van der Waals surface area (Å²) in [5, 5.41) is 15.6. The molecule has 0 spiro atoms. The van der Waals surface area contributed by atoms with Gasteiger partial charge in [0.1, 0.15) is 24.4 Å². The first-order valence-corrected chi connectivity index (χ1v) is 12.2. The van der Waals surface area contributed by atoms with Crippen LogP contribution in [-0.4, -0.2) is 54.0 Å². The maximum Gasteiger partial charge on any atom is 0.305 e. The SMILES string of the molecule is CC(C)[C@H](NC(=O)COc1cccc2ccccc12)C(=O)N[C@@H](CC(=O)O)C(=O)COc1c(F)ccc(F)c1F. The van der Waals surface area contributed by atoms with Crippen LogP contribution in [0.2, 0.25) is 0 Å². The fourth-order valence-corrected chi connectivity index (χ4v) is 3.78. The van der Waals surface area contributed by atoms with Crippen molar-refractivity contribution in [2.45, 2.75) is 32.4 Å². The van der Waals surface area contributed by atoms with E-state index in [2.05, 4.69) is 10.6 Å². The molecular weight excluding hydrogens is 533 g/mol. The molecule has 3 rings (SSSR count). The average Bonchev–Trinajstić information content (AvgIpc) is 2.91. The number of halogens is 3. The molecule has 0 bridgehead atoms. The summed E-state index contributed by atoms with van der Waals surface area (Å²) in [5.41, 5.74) is 0. The number of ether oxygens (including phenoxy) is 2. The fourth-order valence-electron chi connectivity index (χ4n) is 3.78. The molecule has 212 valence electrons. The molecule has 0 radical (unpaired) electrons. The highest BCUT2D eigenvalue weighted by Crippen LogP contribution is 2.25. The zero-order valence-electron chi connectivity index (χ0n) is 21.6. The molecule has 0 fully saturated rings. The Balaban J connectivity index is 1.64. The Morgan fingerprint density at radius 1 is 0.850 bits per heavy atom. The van der Waals surface area contributed by atoms with Gasteiger partial charge in [-0.3, -0.25) is 19.2 Å². The highest BCUT2D eigenvalue weighted by atomic mass is 19.2. The van der Waals surface area contributed by atoms with Crippen molar-refractivity contribution in [2.24, 2.45) is 5.92 Å². The zero-order valence-corrected chi connectivity index (χ0v) is 21.6. The number of amides is 2. The number of hydrogen-bond acceptors (Lipinski definition) is 6. The van der Waals surface area contributed by atoms with E-state index in [1.807, 2.05) is 30.3 Å². The van der Waals surface area contributed by atoms with Crippen LogP contribution < -0.4 is 20.1 Å². The van der Waals surface area contributed by atoms with E-state index in [0.717, 1.165) is 10.8 Å². The van der Waals surface area contributed by atoms with Crippen molar-refractivity contribution in [1.82, 2.24) is 10.6 Å². The van der Waals surface area contributed by atoms with Crippen LogP contribution in [0.1, 0.15) is 20.3 Å². The topological polar surface area (TPSA) is 131 Å². The van der Waals surface area contributed by atoms with Crippen molar-refractivity contribution in [2.75, 3.05) is 13.2 Å². The number of benzene rings is 3. The largest absolute Gasteiger partial charge is 0.483 e. The molecule has 0 heterocycles. The quantitative estimate of drug-likeness (QED) is 0.273. The van der Waals surface area contributed by atoms with Gasteiger partial charge in [-0.05, 0) is 29.5 Å². The third-order valence-electron chi connectivity index (χ3n) is 5.82. The molecular formula is C28H27F3N2O7. The summed E-state index contributed by atoms with van der Waals surface area (Å²) >= 11 is 0. The highest BCUT2D eigenvalue weighted by Gasteiger charge is 2.31. The predicted molar refractivity (Wildman–Crippen MR) is 137 cm³/mol. The Hall–Kier alpha value is -4.61. The van der Waals surface area contributed by atoms with Crippen molar-refractivity contribution in [3.63, 3.8) is 0 Å². The number of carboxylic acids is 1. The van der Waals surface area contributed by atoms with E-state index in [0.29, 0.717) is 17.9 Å². The first kappa shape index (κ1) is 29.9. The first-order chi connectivity index (χ1) is 19.0. The minimum absolute atomic E-state index is 0.430. The second-order valence-electron chi connectivity index (χ2n) is 9.14. The molecule has 0 saturated carbocycles. The van der Waals surface area contributed by atoms with E-state index in [4.69, 9.17) is 9.47 Å². The van der Waals surface area contributed by atoms with Gasteiger partial charge in [-0.1, -0.05) is 50.2 Å². The third kappa shape index (κ3) is 7.71. The third-order valence-corrected chi connectivity index (χ3v) is 5.82. The molecule has 0 aliphatic carbocycles. The summed E-state index contributed by atoms with van der Waals surface area (Å²) in [4.78, 5) is 49.5. The van der Waals surface area contributed by atoms with Crippen molar-refractivity contribution >= 4 is 34.3 Å². The van der Waals surface area contributed by atoms with Crippen molar-refractivity contribution in [1.29, 1.82) is 0 Å². The van der Waals surface area contributed by atoms with Crippen LogP contribution in [-0.2, 0) is 19.2 Å². The van der Waals surface area contributed by atoms with E-state index >= 15 is 0 Å². The number of carboxylic acid groups (broad SMARTS) is 1. The van der Waals surface area contributed by atoms with Gasteiger partial charge in [0.2, 0.25) is 11.7 Å². The predicted octanol–water partition coefficient (Wildman–Crippen LogP) is 3.38. The normalized spacial score (nSPS) is 12.4. The molecule has 3 N–H and O–H groups in total. The molecule has 0 aliphatic heterocycles. The monoisotopic (exact) mass is 560 g/mol. The van der Waals surface area contributed by atoms with Gasteiger partial charge in [-0.2, -0.15) is 4.39 Å². The lowest BCUT2D eigenvalue weighted by molar-refractivity contribution is -0.141. The van der Waals surface area contributed by atoms with Gasteiger partial charge in [-0.15, -0.1) is 0 Å². The molecule has 2 atom stereocenters. The number of carbonyl (C=O) groups is 4. The molecule has 3 aromatic carbocycles. The first-order valence-electron chi connectivity index (χ1n) is 12.2. The second-order valence-corrected chi connectivity index (χ2v) is 9.14. The smallest absolute Gasteiger partial charge is 0.305 e. The van der Waals surface area contributed by atoms with Gasteiger partial charge < -0.3 is 25.2 Å². The van der Waals surface area contributed by atoms with Crippen molar-refractivity contribution in [3.8, 4) is 11.5 Å². The molecule has 0 aromatic heterocycles. The molecule has 3 aromatic rings. The van der Waals surface area contributed by atoms with Crippen LogP contribution in [0, 0.1) is 23.4 Å². The molecule has 40 heavy (non-hydrogen) atoms. The summed E-state index contributed by atoms with van der Waals surface area (Å²) in [7, 11) is 0. The summed E-state index contributed by atoms with van der Waals surface area (Å²) in [6.07, 6.45) is -0.884. The van der Waals surface area contributed by atoms with E-state index in [1.54, 1.807) is 26.0 Å². The fraction of sp³-hybridized carbons (Fsp3) is 0.286. The summed E-state index contributed by atoms with van der Waals surface area (Å²) in [6.45, 7) is 1.74. The minimum atomic E-state index is -1.67. The number of nitrogens with one attached hydrogen (secondary N) is 2. The Morgan fingerprint density at radius 2 is 1.52 bits per heavy atom. The molecule has 12 heteroatoms. The number of rotatable bonds is 13. The summed E-state index contributed by atoms with van der Waals surface area (Å²) in [6, 6.07) is 11.0. The number of aliphatic carboxylic acids is 1. The van der Waals surface area contributed by atoms with E-state index in [-0.39, 0.29) is 0 Å². The van der Waals surface area contributed by atoms with Crippen molar-refractivity contribution in [3.05, 3.63) is 72.0 Å². The lowest BCUT2D eigenvalue weighted by atomic mass is 10.0. The lowest BCUT2D eigenvalue weighted by Gasteiger charge is -2.24. The second kappa shape index (κ2) is 13.5. The Morgan fingerprint density at radius 3 is 2.23 bits per heavy atom. The molecule has 0 unspecified atom stereocenters. The van der Waals surface area contributed by atoms with E-state index in [1.165, 1.54) is 0 Å². The zero-order chi connectivity index (χ0) is 29.4. The highest BCUT2D eigenvalue weighted by molar-refractivity contribution is 5.95. The summed E-state index contributed by atoms with van der Waals surface area (Å²) < 4.78 is 51.4.